The van der Waals surface area contributed by atoms with Gasteiger partial charge in [0, 0.05) is 43.8 Å². The van der Waals surface area contributed by atoms with E-state index in [2.05, 4.69) is 38.0 Å². The number of nitrogens with zero attached hydrogens (tertiary/aromatic N) is 2. The normalized spacial score (nSPS) is 14.8. The van der Waals surface area contributed by atoms with Gasteiger partial charge in [-0.2, -0.15) is 0 Å². The second kappa shape index (κ2) is 7.90. The van der Waals surface area contributed by atoms with Gasteiger partial charge in [0.1, 0.15) is 0 Å². The predicted molar refractivity (Wildman–Crippen MR) is 92.7 cm³/mol. The minimum Gasteiger partial charge on any atom is -0.350 e. The molecule has 2 heterocycles. The first kappa shape index (κ1) is 17.9. The summed E-state index contributed by atoms with van der Waals surface area (Å²) in [5.74, 6) is 0.959. The van der Waals surface area contributed by atoms with Crippen molar-refractivity contribution in [2.75, 3.05) is 19.6 Å². The lowest BCUT2D eigenvalue weighted by Crippen LogP contribution is -2.34. The van der Waals surface area contributed by atoms with Gasteiger partial charge in [-0.3, -0.25) is 9.59 Å². The van der Waals surface area contributed by atoms with Gasteiger partial charge in [0.15, 0.2) is 5.01 Å². The van der Waals surface area contributed by atoms with Crippen LogP contribution in [0.3, 0.4) is 0 Å². The molecule has 0 unspecified atom stereocenters. The van der Waals surface area contributed by atoms with Crippen LogP contribution < -0.4 is 5.32 Å². The third kappa shape index (κ3) is 5.03. The van der Waals surface area contributed by atoms with E-state index in [0.717, 1.165) is 30.0 Å². The number of rotatable bonds is 5. The van der Waals surface area contributed by atoms with Crippen LogP contribution in [0.15, 0.2) is 0 Å². The summed E-state index contributed by atoms with van der Waals surface area (Å²) in [5, 5.41) is 3.47. The van der Waals surface area contributed by atoms with Gasteiger partial charge in [-0.05, 0) is 11.8 Å². The van der Waals surface area contributed by atoms with Crippen molar-refractivity contribution in [2.45, 2.75) is 47.0 Å². The summed E-state index contributed by atoms with van der Waals surface area (Å²) in [5.41, 5.74) is 0.990. The van der Waals surface area contributed by atoms with Gasteiger partial charge in [0.05, 0.1) is 5.69 Å². The number of amides is 2. The Morgan fingerprint density at radius 3 is 2.52 bits per heavy atom. The third-order valence-corrected chi connectivity index (χ3v) is 4.96. The van der Waals surface area contributed by atoms with Crippen LogP contribution in [0, 0.1) is 11.8 Å². The van der Waals surface area contributed by atoms with E-state index < -0.39 is 0 Å². The molecule has 0 atom stereocenters. The Kier molecular flexibility index (Phi) is 6.16. The number of thiazole rings is 1. The second-order valence-electron chi connectivity index (χ2n) is 6.97. The molecule has 128 valence electrons. The highest BCUT2D eigenvalue weighted by molar-refractivity contribution is 7.13. The molecule has 0 saturated heterocycles. The van der Waals surface area contributed by atoms with Gasteiger partial charge in [-0.15, -0.1) is 11.3 Å². The molecular weight excluding hydrogens is 310 g/mol. The van der Waals surface area contributed by atoms with Crippen LogP contribution in [0.25, 0.3) is 0 Å². The molecule has 1 aliphatic heterocycles. The minimum absolute atomic E-state index is 0.0792. The molecule has 1 N–H and O–H groups in total. The van der Waals surface area contributed by atoms with Gasteiger partial charge >= 0.3 is 0 Å². The van der Waals surface area contributed by atoms with Gasteiger partial charge in [0.2, 0.25) is 5.91 Å². The Morgan fingerprint density at radius 2 is 1.87 bits per heavy atom. The fourth-order valence-electron chi connectivity index (χ4n) is 2.56. The van der Waals surface area contributed by atoms with E-state index >= 15 is 0 Å². The Labute approximate surface area is 142 Å². The summed E-state index contributed by atoms with van der Waals surface area (Å²) in [6.45, 7) is 10.4. The lowest BCUT2D eigenvalue weighted by Gasteiger charge is -2.21. The molecule has 2 amide bonds. The summed E-state index contributed by atoms with van der Waals surface area (Å²) < 4.78 is 0. The number of hydrogen-bond donors (Lipinski definition) is 1. The Balaban J connectivity index is 1.97. The van der Waals surface area contributed by atoms with E-state index in [9.17, 15) is 9.59 Å². The summed E-state index contributed by atoms with van der Waals surface area (Å²) >= 11 is 1.47. The fraction of sp³-hybridized carbons (Fsp3) is 0.706. The molecule has 0 bridgehead atoms. The number of carbonyl (C=O) groups is 2. The lowest BCUT2D eigenvalue weighted by molar-refractivity contribution is -0.131. The first-order valence-electron chi connectivity index (χ1n) is 8.41. The number of aromatic nitrogens is 1. The van der Waals surface area contributed by atoms with Crippen molar-refractivity contribution in [2.24, 2.45) is 11.8 Å². The van der Waals surface area contributed by atoms with E-state index in [1.54, 1.807) is 0 Å². The average molecular weight is 337 g/mol. The zero-order valence-electron chi connectivity index (χ0n) is 14.5. The maximum Gasteiger partial charge on any atom is 0.280 e. The van der Waals surface area contributed by atoms with Gasteiger partial charge in [-0.1, -0.05) is 27.7 Å². The van der Waals surface area contributed by atoms with Gasteiger partial charge < -0.3 is 10.2 Å². The molecule has 1 aromatic heterocycles. The highest BCUT2D eigenvalue weighted by atomic mass is 32.1. The van der Waals surface area contributed by atoms with Crippen molar-refractivity contribution in [3.05, 3.63) is 15.6 Å². The maximum absolute atomic E-state index is 12.2. The summed E-state index contributed by atoms with van der Waals surface area (Å²) in [4.78, 5) is 31.9. The monoisotopic (exact) mass is 337 g/mol. The van der Waals surface area contributed by atoms with E-state index in [0.29, 0.717) is 36.4 Å². The van der Waals surface area contributed by atoms with Crippen LogP contribution in [0.1, 0.15) is 54.5 Å². The summed E-state index contributed by atoms with van der Waals surface area (Å²) in [6, 6.07) is 0. The zero-order chi connectivity index (χ0) is 17.0. The standard InChI is InChI=1S/C17H27N3O2S/c1-11(2)9-15(21)20-7-5-13-14(6-8-20)23-17(19-13)16(22)18-10-12(3)4/h11-12H,5-10H2,1-4H3,(H,18,22). The quantitative estimate of drug-likeness (QED) is 0.898. The van der Waals surface area contributed by atoms with Crippen LogP contribution in [0.4, 0.5) is 0 Å². The Hall–Kier alpha value is -1.43. The molecule has 0 saturated carbocycles. The largest absolute Gasteiger partial charge is 0.350 e. The van der Waals surface area contributed by atoms with E-state index in [4.69, 9.17) is 0 Å². The molecule has 1 aromatic rings. The highest BCUT2D eigenvalue weighted by Gasteiger charge is 2.23. The molecule has 2 rings (SSSR count). The molecular formula is C17H27N3O2S. The topological polar surface area (TPSA) is 62.3 Å². The number of fused-ring (bicyclic) bond motifs is 1. The summed E-state index contributed by atoms with van der Waals surface area (Å²) in [7, 11) is 0. The first-order chi connectivity index (χ1) is 10.9. The van der Waals surface area contributed by atoms with Gasteiger partial charge in [-0.25, -0.2) is 4.98 Å². The molecule has 1 aliphatic rings. The number of nitrogens with one attached hydrogen (secondary N) is 1. The van der Waals surface area contributed by atoms with Crippen molar-refractivity contribution in [1.82, 2.24) is 15.2 Å². The van der Waals surface area contributed by atoms with Crippen LogP contribution in [0.5, 0.6) is 0 Å². The third-order valence-electron chi connectivity index (χ3n) is 3.81. The molecule has 23 heavy (non-hydrogen) atoms. The zero-order valence-corrected chi connectivity index (χ0v) is 15.3. The van der Waals surface area contributed by atoms with Crippen LogP contribution in [-0.2, 0) is 17.6 Å². The van der Waals surface area contributed by atoms with Crippen molar-refractivity contribution in [3.8, 4) is 0 Å². The van der Waals surface area contributed by atoms with E-state index in [1.165, 1.54) is 11.3 Å². The van der Waals surface area contributed by atoms with Gasteiger partial charge in [0.25, 0.3) is 5.91 Å². The average Bonchev–Trinajstić information content (AvgIpc) is 2.77. The molecule has 0 aromatic carbocycles. The maximum atomic E-state index is 12.2. The fourth-order valence-corrected chi connectivity index (χ4v) is 3.57. The second-order valence-corrected chi connectivity index (χ2v) is 8.06. The number of hydrogen-bond acceptors (Lipinski definition) is 4. The first-order valence-corrected chi connectivity index (χ1v) is 9.23. The highest BCUT2D eigenvalue weighted by Crippen LogP contribution is 2.23. The van der Waals surface area contributed by atoms with Crippen molar-refractivity contribution >= 4 is 23.2 Å². The van der Waals surface area contributed by atoms with Crippen LogP contribution in [0.2, 0.25) is 0 Å². The molecule has 0 aliphatic carbocycles. The minimum atomic E-state index is -0.0792. The van der Waals surface area contributed by atoms with Crippen molar-refractivity contribution < 1.29 is 9.59 Å². The molecule has 0 fully saturated rings. The number of carbonyl (C=O) groups excluding carboxylic acids is 2. The predicted octanol–water partition coefficient (Wildman–Crippen LogP) is 2.50. The Bertz CT molecular complexity index is 541. The SMILES string of the molecule is CC(C)CNC(=O)c1nc2c(s1)CCN(C(=O)CC(C)C)CC2. The smallest absolute Gasteiger partial charge is 0.280 e. The molecule has 0 radical (unpaired) electrons. The van der Waals surface area contributed by atoms with E-state index in [-0.39, 0.29) is 11.8 Å². The van der Waals surface area contributed by atoms with E-state index in [1.807, 2.05) is 4.90 Å². The van der Waals surface area contributed by atoms with Crippen molar-refractivity contribution in [1.29, 1.82) is 0 Å². The molecule has 0 spiro atoms. The van der Waals surface area contributed by atoms with Crippen molar-refractivity contribution in [3.63, 3.8) is 0 Å². The van der Waals surface area contributed by atoms with Crippen LogP contribution in [-0.4, -0.2) is 41.3 Å². The molecule has 5 nitrogen and oxygen atoms in total. The molecule has 6 heteroatoms. The summed E-state index contributed by atoms with van der Waals surface area (Å²) in [6.07, 6.45) is 2.14. The Morgan fingerprint density at radius 1 is 1.17 bits per heavy atom. The van der Waals surface area contributed by atoms with Crippen LogP contribution >= 0.6 is 11.3 Å². The lowest BCUT2D eigenvalue weighted by atomic mass is 10.1.